The highest BCUT2D eigenvalue weighted by atomic mass is 35.7. The van der Waals surface area contributed by atoms with Gasteiger partial charge in [-0.3, -0.25) is 0 Å². The van der Waals surface area contributed by atoms with Gasteiger partial charge < -0.3 is 0 Å². The molecule has 0 saturated carbocycles. The second-order valence-corrected chi connectivity index (χ2v) is 4.86. The summed E-state index contributed by atoms with van der Waals surface area (Å²) in [5.41, 5.74) is 1.09. The molecule has 1 aromatic carbocycles. The van der Waals surface area contributed by atoms with Gasteiger partial charge in [-0.15, -0.1) is 0 Å². The van der Waals surface area contributed by atoms with Crippen molar-refractivity contribution in [2.45, 2.75) is 0 Å². The van der Waals surface area contributed by atoms with Gasteiger partial charge in [0.2, 0.25) is 0 Å². The van der Waals surface area contributed by atoms with Crippen LogP contribution in [0.15, 0.2) is 30.6 Å². The van der Waals surface area contributed by atoms with Crippen LogP contribution >= 0.6 is 10.7 Å². The first kappa shape index (κ1) is 8.52. The molecule has 2 rings (SSSR count). The zero-order valence-electron chi connectivity index (χ0n) is 6.38. The Labute approximate surface area is 79.3 Å². The van der Waals surface area contributed by atoms with E-state index in [4.69, 9.17) is 10.7 Å². The maximum Gasteiger partial charge on any atom is 0.326 e. The Kier molecular flexibility index (Phi) is 1.78. The van der Waals surface area contributed by atoms with Crippen LogP contribution in [0, 0.1) is 0 Å². The van der Waals surface area contributed by atoms with Crippen molar-refractivity contribution in [1.82, 2.24) is 8.96 Å². The standard InChI is InChI=1S/C7H5ClN2O2S/c8-13(11,12)10-5-9-6-3-1-2-4-7(6)10/h1-5H. The summed E-state index contributed by atoms with van der Waals surface area (Å²) in [6.07, 6.45) is 1.19. The van der Waals surface area contributed by atoms with Crippen molar-refractivity contribution in [2.75, 3.05) is 0 Å². The van der Waals surface area contributed by atoms with Crippen molar-refractivity contribution in [3.8, 4) is 0 Å². The number of fused-ring (bicyclic) bond motifs is 1. The van der Waals surface area contributed by atoms with Crippen LogP contribution < -0.4 is 0 Å². The first-order chi connectivity index (χ1) is 6.09. The Hall–Kier alpha value is -1.07. The lowest BCUT2D eigenvalue weighted by Gasteiger charge is -1.96. The van der Waals surface area contributed by atoms with Crippen LogP contribution in [0.2, 0.25) is 0 Å². The van der Waals surface area contributed by atoms with Crippen molar-refractivity contribution >= 4 is 31.0 Å². The van der Waals surface area contributed by atoms with Crippen LogP contribution in [0.1, 0.15) is 0 Å². The normalized spacial score (nSPS) is 12.1. The van der Waals surface area contributed by atoms with E-state index in [0.717, 1.165) is 3.97 Å². The summed E-state index contributed by atoms with van der Waals surface area (Å²) >= 11 is 0. The van der Waals surface area contributed by atoms with Crippen LogP contribution in [0.25, 0.3) is 11.0 Å². The lowest BCUT2D eigenvalue weighted by molar-refractivity contribution is 0.603. The smallest absolute Gasteiger partial charge is 0.236 e. The van der Waals surface area contributed by atoms with Crippen molar-refractivity contribution in [2.24, 2.45) is 0 Å². The Morgan fingerprint density at radius 2 is 2.00 bits per heavy atom. The van der Waals surface area contributed by atoms with Crippen LogP contribution in [-0.4, -0.2) is 17.4 Å². The second-order valence-electron chi connectivity index (χ2n) is 2.47. The fourth-order valence-electron chi connectivity index (χ4n) is 1.11. The van der Waals surface area contributed by atoms with Crippen molar-refractivity contribution in [3.05, 3.63) is 30.6 Å². The van der Waals surface area contributed by atoms with Gasteiger partial charge in [-0.1, -0.05) is 12.1 Å². The molecule has 0 unspecified atom stereocenters. The monoisotopic (exact) mass is 216 g/mol. The highest BCUT2D eigenvalue weighted by Gasteiger charge is 2.11. The number of para-hydroxylation sites is 2. The maximum atomic E-state index is 11.0. The fourth-order valence-corrected chi connectivity index (χ4v) is 1.99. The van der Waals surface area contributed by atoms with E-state index in [1.165, 1.54) is 6.33 Å². The second kappa shape index (κ2) is 2.71. The van der Waals surface area contributed by atoms with E-state index >= 15 is 0 Å². The molecule has 0 spiro atoms. The summed E-state index contributed by atoms with van der Waals surface area (Å²) < 4.78 is 22.9. The Morgan fingerprint density at radius 3 is 2.69 bits per heavy atom. The van der Waals surface area contributed by atoms with E-state index in [2.05, 4.69) is 4.98 Å². The molecule has 6 heteroatoms. The number of hydrogen-bond donors (Lipinski definition) is 0. The van der Waals surface area contributed by atoms with Gasteiger partial charge >= 0.3 is 9.24 Å². The molecule has 0 saturated heterocycles. The Balaban J connectivity index is 2.87. The molecule has 0 aliphatic carbocycles. The van der Waals surface area contributed by atoms with Gasteiger partial charge in [-0.2, -0.15) is 8.42 Å². The predicted octanol–water partition coefficient (Wildman–Crippen LogP) is 1.37. The molecule has 0 aliphatic heterocycles. The molecular weight excluding hydrogens is 212 g/mol. The number of nitrogens with zero attached hydrogens (tertiary/aromatic N) is 2. The maximum absolute atomic E-state index is 11.0. The van der Waals surface area contributed by atoms with Crippen molar-refractivity contribution < 1.29 is 8.42 Å². The number of halogens is 1. The summed E-state index contributed by atoms with van der Waals surface area (Å²) in [7, 11) is 1.41. The third-order valence-electron chi connectivity index (χ3n) is 1.66. The minimum Gasteiger partial charge on any atom is -0.236 e. The predicted molar refractivity (Wildman–Crippen MR) is 49.9 cm³/mol. The highest BCUT2D eigenvalue weighted by molar-refractivity contribution is 8.12. The number of imidazole rings is 1. The highest BCUT2D eigenvalue weighted by Crippen LogP contribution is 2.15. The Bertz CT molecular complexity index is 546. The topological polar surface area (TPSA) is 52.0 Å². The molecular formula is C7H5ClN2O2S. The average molecular weight is 217 g/mol. The van der Waals surface area contributed by atoms with E-state index in [0.29, 0.717) is 11.0 Å². The molecule has 13 heavy (non-hydrogen) atoms. The van der Waals surface area contributed by atoms with Gasteiger partial charge in [-0.25, -0.2) is 8.96 Å². The minimum atomic E-state index is -3.76. The van der Waals surface area contributed by atoms with Gasteiger partial charge in [0.15, 0.2) is 0 Å². The van der Waals surface area contributed by atoms with Gasteiger partial charge in [0.1, 0.15) is 6.33 Å². The third kappa shape index (κ3) is 1.40. The van der Waals surface area contributed by atoms with Gasteiger partial charge in [0.05, 0.1) is 11.0 Å². The molecule has 2 aromatic rings. The summed E-state index contributed by atoms with van der Waals surface area (Å²) in [4.78, 5) is 3.88. The van der Waals surface area contributed by atoms with Gasteiger partial charge in [0.25, 0.3) is 0 Å². The number of benzene rings is 1. The van der Waals surface area contributed by atoms with Gasteiger partial charge in [-0.05, 0) is 12.1 Å². The molecule has 0 aliphatic rings. The lowest BCUT2D eigenvalue weighted by atomic mass is 10.3. The third-order valence-corrected chi connectivity index (χ3v) is 2.86. The van der Waals surface area contributed by atoms with Crippen LogP contribution in [-0.2, 0) is 9.24 Å². The van der Waals surface area contributed by atoms with Gasteiger partial charge in [0, 0.05) is 10.7 Å². The Morgan fingerprint density at radius 1 is 1.31 bits per heavy atom. The largest absolute Gasteiger partial charge is 0.326 e. The van der Waals surface area contributed by atoms with Crippen molar-refractivity contribution in [3.63, 3.8) is 0 Å². The molecule has 0 fully saturated rings. The van der Waals surface area contributed by atoms with E-state index in [1.54, 1.807) is 24.3 Å². The SMILES string of the molecule is O=S(=O)(Cl)n1cnc2ccccc21. The quantitative estimate of drug-likeness (QED) is 0.677. The minimum absolute atomic E-state index is 0.484. The summed E-state index contributed by atoms with van der Waals surface area (Å²) in [5.74, 6) is 0. The van der Waals surface area contributed by atoms with E-state index in [9.17, 15) is 8.42 Å². The van der Waals surface area contributed by atoms with Crippen LogP contribution in [0.4, 0.5) is 0 Å². The molecule has 0 N–H and O–H groups in total. The molecule has 1 heterocycles. The summed E-state index contributed by atoms with van der Waals surface area (Å²) in [6, 6.07) is 6.86. The van der Waals surface area contributed by atoms with Crippen molar-refractivity contribution in [1.29, 1.82) is 0 Å². The molecule has 0 bridgehead atoms. The first-order valence-corrected chi connectivity index (χ1v) is 5.73. The zero-order chi connectivity index (χ0) is 9.47. The zero-order valence-corrected chi connectivity index (χ0v) is 7.96. The fraction of sp³-hybridized carbons (Fsp3) is 0. The summed E-state index contributed by atoms with van der Waals surface area (Å²) in [5, 5.41) is 0. The van der Waals surface area contributed by atoms with Crippen LogP contribution in [0.5, 0.6) is 0 Å². The number of hydrogen-bond acceptors (Lipinski definition) is 3. The molecule has 68 valence electrons. The number of rotatable bonds is 1. The summed E-state index contributed by atoms with van der Waals surface area (Å²) in [6.45, 7) is 0. The first-order valence-electron chi connectivity index (χ1n) is 3.46. The molecule has 1 aromatic heterocycles. The lowest BCUT2D eigenvalue weighted by Crippen LogP contribution is -2.02. The average Bonchev–Trinajstić information content (AvgIpc) is 2.45. The molecule has 0 atom stereocenters. The number of aromatic nitrogens is 2. The molecule has 0 amide bonds. The molecule has 4 nitrogen and oxygen atoms in total. The van der Waals surface area contributed by atoms with E-state index in [1.807, 2.05) is 0 Å². The van der Waals surface area contributed by atoms with E-state index < -0.39 is 9.24 Å². The van der Waals surface area contributed by atoms with Crippen LogP contribution in [0.3, 0.4) is 0 Å². The van der Waals surface area contributed by atoms with E-state index in [-0.39, 0.29) is 0 Å². The molecule has 0 radical (unpaired) electrons.